The molecule has 1 atom stereocenters. The molecule has 0 aliphatic rings. The van der Waals surface area contributed by atoms with Gasteiger partial charge in [0.2, 0.25) is 0 Å². The number of pyridine rings is 1. The lowest BCUT2D eigenvalue weighted by Gasteiger charge is -2.11. The molecule has 14 heavy (non-hydrogen) atoms. The number of nitrogen functional groups attached to an aromatic ring is 1. The molecule has 1 heterocycles. The molecular weight excluding hydrogens is 182 g/mol. The van der Waals surface area contributed by atoms with Crippen LogP contribution in [-0.4, -0.2) is 16.1 Å². The summed E-state index contributed by atoms with van der Waals surface area (Å²) in [6, 6.07) is 3.13. The summed E-state index contributed by atoms with van der Waals surface area (Å²) in [6.07, 6.45) is 1.98. The monoisotopic (exact) mass is 195 g/mol. The smallest absolute Gasteiger partial charge is 0.303 e. The molecule has 5 N–H and O–H groups in total. The quantitative estimate of drug-likeness (QED) is 0.650. The van der Waals surface area contributed by atoms with Crippen LogP contribution in [0, 0.1) is 0 Å². The van der Waals surface area contributed by atoms with Gasteiger partial charge in [0, 0.05) is 24.2 Å². The molecule has 76 valence electrons. The molecule has 1 aromatic rings. The summed E-state index contributed by atoms with van der Waals surface area (Å²) in [7, 11) is 0. The molecule has 0 unspecified atom stereocenters. The van der Waals surface area contributed by atoms with Crippen molar-refractivity contribution in [2.24, 2.45) is 5.73 Å². The van der Waals surface area contributed by atoms with Crippen LogP contribution < -0.4 is 11.5 Å². The van der Waals surface area contributed by atoms with Crippen molar-refractivity contribution in [2.75, 3.05) is 5.73 Å². The first-order valence-corrected chi connectivity index (χ1v) is 4.29. The highest BCUT2D eigenvalue weighted by atomic mass is 16.4. The summed E-state index contributed by atoms with van der Waals surface area (Å²) in [5, 5.41) is 8.48. The minimum atomic E-state index is -0.858. The first-order chi connectivity index (χ1) is 6.61. The van der Waals surface area contributed by atoms with Crippen LogP contribution in [0.15, 0.2) is 18.3 Å². The highest BCUT2D eigenvalue weighted by Crippen LogP contribution is 2.19. The number of aromatic nitrogens is 1. The Morgan fingerprint density at radius 2 is 2.36 bits per heavy atom. The average Bonchev–Trinajstić information content (AvgIpc) is 2.15. The molecule has 0 aromatic carbocycles. The number of hydrogen-bond acceptors (Lipinski definition) is 4. The fourth-order valence-corrected chi connectivity index (χ4v) is 1.18. The van der Waals surface area contributed by atoms with Gasteiger partial charge in [-0.15, -0.1) is 0 Å². The largest absolute Gasteiger partial charge is 0.481 e. The molecule has 0 amide bonds. The predicted molar refractivity (Wildman–Crippen MR) is 52.4 cm³/mol. The van der Waals surface area contributed by atoms with Gasteiger partial charge < -0.3 is 16.6 Å². The van der Waals surface area contributed by atoms with Crippen LogP contribution >= 0.6 is 0 Å². The van der Waals surface area contributed by atoms with Gasteiger partial charge in [-0.1, -0.05) is 6.07 Å². The number of hydrogen-bond donors (Lipinski definition) is 3. The van der Waals surface area contributed by atoms with E-state index in [1.54, 1.807) is 18.3 Å². The van der Waals surface area contributed by atoms with Crippen molar-refractivity contribution in [3.05, 3.63) is 23.9 Å². The second kappa shape index (κ2) is 4.57. The zero-order valence-corrected chi connectivity index (χ0v) is 7.68. The standard InChI is InChI=1S/C9H13N3O2/c10-7(3-4-8(13)14)6-2-1-5-12-9(6)11/h1-2,5,7H,3-4,10H2,(H2,11,12)(H,13,14)/t7-/m1/s1. The van der Waals surface area contributed by atoms with E-state index < -0.39 is 5.97 Å². The van der Waals surface area contributed by atoms with E-state index in [2.05, 4.69) is 4.98 Å². The molecular formula is C9H13N3O2. The van der Waals surface area contributed by atoms with E-state index in [4.69, 9.17) is 16.6 Å². The summed E-state index contributed by atoms with van der Waals surface area (Å²) in [5.41, 5.74) is 12.1. The topological polar surface area (TPSA) is 102 Å². The van der Waals surface area contributed by atoms with Crippen LogP contribution in [-0.2, 0) is 4.79 Å². The Bertz CT molecular complexity index is 328. The number of carboxylic acids is 1. The molecule has 0 bridgehead atoms. The van der Waals surface area contributed by atoms with E-state index in [9.17, 15) is 4.79 Å². The van der Waals surface area contributed by atoms with Crippen LogP contribution in [0.4, 0.5) is 5.82 Å². The summed E-state index contributed by atoms with van der Waals surface area (Å²) in [5.74, 6) is -0.492. The van der Waals surface area contributed by atoms with Gasteiger partial charge in [-0.3, -0.25) is 4.79 Å². The molecule has 0 radical (unpaired) electrons. The second-order valence-corrected chi connectivity index (χ2v) is 3.02. The Balaban J connectivity index is 2.65. The van der Waals surface area contributed by atoms with E-state index >= 15 is 0 Å². The first-order valence-electron chi connectivity index (χ1n) is 4.29. The molecule has 1 rings (SSSR count). The van der Waals surface area contributed by atoms with Gasteiger partial charge in [0.25, 0.3) is 0 Å². The highest BCUT2D eigenvalue weighted by molar-refractivity contribution is 5.66. The van der Waals surface area contributed by atoms with Gasteiger partial charge in [-0.2, -0.15) is 0 Å². The van der Waals surface area contributed by atoms with E-state index in [1.807, 2.05) is 0 Å². The zero-order chi connectivity index (χ0) is 10.6. The van der Waals surface area contributed by atoms with Crippen molar-refractivity contribution in [2.45, 2.75) is 18.9 Å². The third-order valence-electron chi connectivity index (χ3n) is 1.94. The van der Waals surface area contributed by atoms with Gasteiger partial charge in [0.05, 0.1) is 0 Å². The van der Waals surface area contributed by atoms with Crippen LogP contribution in [0.3, 0.4) is 0 Å². The third-order valence-corrected chi connectivity index (χ3v) is 1.94. The van der Waals surface area contributed by atoms with E-state index in [0.717, 1.165) is 0 Å². The van der Waals surface area contributed by atoms with Crippen molar-refractivity contribution in [3.8, 4) is 0 Å². The molecule has 0 fully saturated rings. The van der Waals surface area contributed by atoms with E-state index in [0.29, 0.717) is 17.8 Å². The van der Waals surface area contributed by atoms with E-state index in [-0.39, 0.29) is 12.5 Å². The molecule has 5 heteroatoms. The summed E-state index contributed by atoms with van der Waals surface area (Å²) >= 11 is 0. The second-order valence-electron chi connectivity index (χ2n) is 3.02. The number of carboxylic acid groups (broad SMARTS) is 1. The fraction of sp³-hybridized carbons (Fsp3) is 0.333. The van der Waals surface area contributed by atoms with Crippen molar-refractivity contribution >= 4 is 11.8 Å². The minimum absolute atomic E-state index is 0.0372. The summed E-state index contributed by atoms with van der Waals surface area (Å²) in [4.78, 5) is 14.2. The maximum Gasteiger partial charge on any atom is 0.303 e. The maximum atomic E-state index is 10.3. The molecule has 0 aliphatic carbocycles. The lowest BCUT2D eigenvalue weighted by atomic mass is 10.0. The Labute approximate surface area is 81.7 Å². The number of aliphatic carboxylic acids is 1. The Hall–Kier alpha value is -1.62. The number of nitrogens with zero attached hydrogens (tertiary/aromatic N) is 1. The number of carbonyl (C=O) groups is 1. The fourth-order valence-electron chi connectivity index (χ4n) is 1.18. The van der Waals surface area contributed by atoms with Crippen LogP contribution in [0.1, 0.15) is 24.4 Å². The maximum absolute atomic E-state index is 10.3. The molecule has 0 saturated heterocycles. The van der Waals surface area contributed by atoms with Crippen molar-refractivity contribution in [1.29, 1.82) is 0 Å². The van der Waals surface area contributed by atoms with Crippen molar-refractivity contribution in [3.63, 3.8) is 0 Å². The zero-order valence-electron chi connectivity index (χ0n) is 7.68. The highest BCUT2D eigenvalue weighted by Gasteiger charge is 2.11. The first kappa shape index (κ1) is 10.5. The molecule has 0 aliphatic heterocycles. The Morgan fingerprint density at radius 1 is 1.64 bits per heavy atom. The molecule has 5 nitrogen and oxygen atoms in total. The van der Waals surface area contributed by atoms with Gasteiger partial charge in [0.15, 0.2) is 0 Å². The minimum Gasteiger partial charge on any atom is -0.481 e. The lowest BCUT2D eigenvalue weighted by Crippen LogP contribution is -2.14. The van der Waals surface area contributed by atoms with Gasteiger partial charge in [-0.25, -0.2) is 4.98 Å². The van der Waals surface area contributed by atoms with Gasteiger partial charge >= 0.3 is 5.97 Å². The van der Waals surface area contributed by atoms with Gasteiger partial charge in [-0.05, 0) is 12.5 Å². The van der Waals surface area contributed by atoms with Crippen molar-refractivity contribution in [1.82, 2.24) is 4.98 Å². The van der Waals surface area contributed by atoms with Crippen molar-refractivity contribution < 1.29 is 9.90 Å². The summed E-state index contributed by atoms with van der Waals surface area (Å²) in [6.45, 7) is 0. The summed E-state index contributed by atoms with van der Waals surface area (Å²) < 4.78 is 0. The van der Waals surface area contributed by atoms with Crippen LogP contribution in [0.2, 0.25) is 0 Å². The molecule has 0 spiro atoms. The van der Waals surface area contributed by atoms with Crippen LogP contribution in [0.5, 0.6) is 0 Å². The third kappa shape index (κ3) is 2.70. The van der Waals surface area contributed by atoms with Crippen LogP contribution in [0.25, 0.3) is 0 Å². The lowest BCUT2D eigenvalue weighted by molar-refractivity contribution is -0.137. The SMILES string of the molecule is Nc1ncccc1[C@H](N)CCC(=O)O. The Morgan fingerprint density at radius 3 is 2.93 bits per heavy atom. The number of rotatable bonds is 4. The molecule has 0 saturated carbocycles. The average molecular weight is 195 g/mol. The van der Waals surface area contributed by atoms with Gasteiger partial charge in [0.1, 0.15) is 5.82 Å². The number of anilines is 1. The Kier molecular flexibility index (Phi) is 3.41. The molecule has 1 aromatic heterocycles. The predicted octanol–water partition coefficient (Wildman–Crippen LogP) is 0.528. The number of nitrogens with two attached hydrogens (primary N) is 2. The normalized spacial score (nSPS) is 12.4. The van der Waals surface area contributed by atoms with E-state index in [1.165, 1.54) is 0 Å².